The second-order valence-corrected chi connectivity index (χ2v) is 3.48. The maximum absolute atomic E-state index is 5.45. The van der Waals surface area contributed by atoms with Gasteiger partial charge in [0.15, 0.2) is 0 Å². The number of aromatic nitrogens is 3. The SMILES string of the molecule is COc1ccc(Cn2cnc(N)n2)c(OC)c1. The van der Waals surface area contributed by atoms with Gasteiger partial charge in [0.05, 0.1) is 20.8 Å². The Morgan fingerprint density at radius 2 is 2.12 bits per heavy atom. The van der Waals surface area contributed by atoms with Crippen molar-refractivity contribution in [3.63, 3.8) is 0 Å². The van der Waals surface area contributed by atoms with Gasteiger partial charge in [-0.15, -0.1) is 5.10 Å². The first-order valence-corrected chi connectivity index (χ1v) is 5.08. The number of hydrogen-bond donors (Lipinski definition) is 1. The Morgan fingerprint density at radius 1 is 1.29 bits per heavy atom. The Morgan fingerprint density at radius 3 is 2.71 bits per heavy atom. The average molecular weight is 234 g/mol. The zero-order valence-corrected chi connectivity index (χ0v) is 9.75. The highest BCUT2D eigenvalue weighted by atomic mass is 16.5. The molecule has 0 aliphatic heterocycles. The highest BCUT2D eigenvalue weighted by Gasteiger charge is 2.06. The molecule has 1 aromatic heterocycles. The highest BCUT2D eigenvalue weighted by molar-refractivity contribution is 5.40. The van der Waals surface area contributed by atoms with Gasteiger partial charge in [-0.05, 0) is 12.1 Å². The molecule has 0 fully saturated rings. The fraction of sp³-hybridized carbons (Fsp3) is 0.273. The van der Waals surface area contributed by atoms with Crippen molar-refractivity contribution in [1.29, 1.82) is 0 Å². The molecule has 0 spiro atoms. The van der Waals surface area contributed by atoms with Crippen molar-refractivity contribution in [3.8, 4) is 11.5 Å². The van der Waals surface area contributed by atoms with Crippen LogP contribution in [0.2, 0.25) is 0 Å². The molecule has 0 atom stereocenters. The molecule has 0 saturated carbocycles. The molecule has 0 unspecified atom stereocenters. The van der Waals surface area contributed by atoms with Crippen LogP contribution < -0.4 is 15.2 Å². The van der Waals surface area contributed by atoms with Gasteiger partial charge < -0.3 is 15.2 Å². The van der Waals surface area contributed by atoms with Crippen molar-refractivity contribution in [2.45, 2.75) is 6.54 Å². The zero-order chi connectivity index (χ0) is 12.3. The molecule has 0 saturated heterocycles. The topological polar surface area (TPSA) is 75.2 Å². The largest absolute Gasteiger partial charge is 0.497 e. The van der Waals surface area contributed by atoms with Crippen molar-refractivity contribution in [3.05, 3.63) is 30.1 Å². The van der Waals surface area contributed by atoms with Crippen molar-refractivity contribution < 1.29 is 9.47 Å². The summed E-state index contributed by atoms with van der Waals surface area (Å²) in [4.78, 5) is 3.87. The summed E-state index contributed by atoms with van der Waals surface area (Å²) in [7, 11) is 3.24. The lowest BCUT2D eigenvalue weighted by atomic mass is 10.2. The average Bonchev–Trinajstić information content (AvgIpc) is 2.75. The van der Waals surface area contributed by atoms with Gasteiger partial charge in [0, 0.05) is 11.6 Å². The Kier molecular flexibility index (Phi) is 3.13. The van der Waals surface area contributed by atoms with Crippen LogP contribution in [-0.2, 0) is 6.54 Å². The molecule has 0 aliphatic rings. The molecule has 2 N–H and O–H groups in total. The standard InChI is InChI=1S/C11H14N4O2/c1-16-9-4-3-8(10(5-9)17-2)6-15-7-13-11(12)14-15/h3-5,7H,6H2,1-2H3,(H2,12,14). The first-order valence-electron chi connectivity index (χ1n) is 5.08. The molecular formula is C11H14N4O2. The van der Waals surface area contributed by atoms with Crippen LogP contribution in [0, 0.1) is 0 Å². The molecule has 2 aromatic rings. The molecule has 0 radical (unpaired) electrons. The number of rotatable bonds is 4. The summed E-state index contributed by atoms with van der Waals surface area (Å²) in [6.07, 6.45) is 1.58. The van der Waals surface area contributed by atoms with E-state index in [1.807, 2.05) is 18.2 Å². The van der Waals surface area contributed by atoms with E-state index in [1.54, 1.807) is 25.2 Å². The number of anilines is 1. The van der Waals surface area contributed by atoms with E-state index in [1.165, 1.54) is 0 Å². The molecule has 1 heterocycles. The van der Waals surface area contributed by atoms with Gasteiger partial charge >= 0.3 is 0 Å². The minimum Gasteiger partial charge on any atom is -0.497 e. The predicted octanol–water partition coefficient (Wildman–Crippen LogP) is 0.926. The summed E-state index contributed by atoms with van der Waals surface area (Å²) >= 11 is 0. The number of ether oxygens (including phenoxy) is 2. The number of nitrogens with two attached hydrogens (primary N) is 1. The lowest BCUT2D eigenvalue weighted by Crippen LogP contribution is -2.03. The van der Waals surface area contributed by atoms with Crippen LogP contribution in [0.5, 0.6) is 11.5 Å². The molecule has 6 nitrogen and oxygen atoms in total. The Balaban J connectivity index is 2.26. The summed E-state index contributed by atoms with van der Waals surface area (Å²) in [6.45, 7) is 0.553. The van der Waals surface area contributed by atoms with Crippen molar-refractivity contribution in [1.82, 2.24) is 14.8 Å². The molecule has 2 rings (SSSR count). The Bertz CT molecular complexity index is 510. The van der Waals surface area contributed by atoms with Gasteiger partial charge in [0.25, 0.3) is 0 Å². The summed E-state index contributed by atoms with van der Waals surface area (Å²) in [6, 6.07) is 5.63. The molecule has 0 amide bonds. The smallest absolute Gasteiger partial charge is 0.239 e. The number of methoxy groups -OCH3 is 2. The predicted molar refractivity (Wildman–Crippen MR) is 63.1 cm³/mol. The van der Waals surface area contributed by atoms with E-state index in [0.717, 1.165) is 17.1 Å². The first kappa shape index (κ1) is 11.3. The number of hydrogen-bond acceptors (Lipinski definition) is 5. The summed E-state index contributed by atoms with van der Waals surface area (Å²) in [5.74, 6) is 1.76. The van der Waals surface area contributed by atoms with Gasteiger partial charge in [-0.2, -0.15) is 0 Å². The fourth-order valence-electron chi connectivity index (χ4n) is 1.54. The van der Waals surface area contributed by atoms with Crippen molar-refractivity contribution >= 4 is 5.95 Å². The van der Waals surface area contributed by atoms with Crippen LogP contribution in [0.15, 0.2) is 24.5 Å². The first-order chi connectivity index (χ1) is 8.22. The maximum Gasteiger partial charge on any atom is 0.239 e. The van der Waals surface area contributed by atoms with Crippen LogP contribution in [0.4, 0.5) is 5.95 Å². The van der Waals surface area contributed by atoms with Crippen molar-refractivity contribution in [2.75, 3.05) is 20.0 Å². The second-order valence-electron chi connectivity index (χ2n) is 3.48. The minimum atomic E-state index is 0.262. The van der Waals surface area contributed by atoms with Gasteiger partial charge in [-0.1, -0.05) is 0 Å². The summed E-state index contributed by atoms with van der Waals surface area (Å²) < 4.78 is 12.1. The Hall–Kier alpha value is -2.24. The summed E-state index contributed by atoms with van der Waals surface area (Å²) in [5.41, 5.74) is 6.44. The summed E-state index contributed by atoms with van der Waals surface area (Å²) in [5, 5.41) is 4.02. The van der Waals surface area contributed by atoms with Gasteiger partial charge in [0.2, 0.25) is 5.95 Å². The lowest BCUT2D eigenvalue weighted by Gasteiger charge is -2.09. The highest BCUT2D eigenvalue weighted by Crippen LogP contribution is 2.25. The van der Waals surface area contributed by atoms with E-state index in [0.29, 0.717) is 6.54 Å². The molecule has 6 heteroatoms. The van der Waals surface area contributed by atoms with E-state index in [9.17, 15) is 0 Å². The van der Waals surface area contributed by atoms with Crippen molar-refractivity contribution in [2.24, 2.45) is 0 Å². The third kappa shape index (κ3) is 2.47. The molecule has 1 aromatic carbocycles. The lowest BCUT2D eigenvalue weighted by molar-refractivity contribution is 0.389. The van der Waals surface area contributed by atoms with E-state index in [-0.39, 0.29) is 5.95 Å². The number of nitrogens with zero attached hydrogens (tertiary/aromatic N) is 3. The molecule has 17 heavy (non-hydrogen) atoms. The van der Waals surface area contributed by atoms with Crippen LogP contribution in [0.3, 0.4) is 0 Å². The molecular weight excluding hydrogens is 220 g/mol. The second kappa shape index (κ2) is 4.73. The van der Waals surface area contributed by atoms with E-state index < -0.39 is 0 Å². The quantitative estimate of drug-likeness (QED) is 0.851. The van der Waals surface area contributed by atoms with Crippen LogP contribution >= 0.6 is 0 Å². The third-order valence-corrected chi connectivity index (χ3v) is 2.38. The van der Waals surface area contributed by atoms with E-state index in [2.05, 4.69) is 10.1 Å². The zero-order valence-electron chi connectivity index (χ0n) is 9.75. The molecule has 0 aliphatic carbocycles. The fourth-order valence-corrected chi connectivity index (χ4v) is 1.54. The minimum absolute atomic E-state index is 0.262. The van der Waals surface area contributed by atoms with Gasteiger partial charge in [-0.25, -0.2) is 9.67 Å². The Labute approximate surface area is 99.0 Å². The van der Waals surface area contributed by atoms with Crippen LogP contribution in [-0.4, -0.2) is 29.0 Å². The molecule has 90 valence electrons. The maximum atomic E-state index is 5.45. The normalized spacial score (nSPS) is 10.2. The number of benzene rings is 1. The van der Waals surface area contributed by atoms with E-state index in [4.69, 9.17) is 15.2 Å². The van der Waals surface area contributed by atoms with Crippen LogP contribution in [0.1, 0.15) is 5.56 Å². The monoisotopic (exact) mass is 234 g/mol. The molecule has 0 bridgehead atoms. The third-order valence-electron chi connectivity index (χ3n) is 2.38. The van der Waals surface area contributed by atoms with Gasteiger partial charge in [-0.3, -0.25) is 0 Å². The van der Waals surface area contributed by atoms with E-state index >= 15 is 0 Å². The number of nitrogen functional groups attached to an aromatic ring is 1. The van der Waals surface area contributed by atoms with Crippen LogP contribution in [0.25, 0.3) is 0 Å². The van der Waals surface area contributed by atoms with Gasteiger partial charge in [0.1, 0.15) is 17.8 Å².